The Morgan fingerprint density at radius 2 is 2.31 bits per heavy atom. The van der Waals surface area contributed by atoms with E-state index >= 15 is 0 Å². The van der Waals surface area contributed by atoms with Gasteiger partial charge in [0.1, 0.15) is 0 Å². The van der Waals surface area contributed by atoms with Gasteiger partial charge in [-0.1, -0.05) is 13.8 Å². The highest BCUT2D eigenvalue weighted by molar-refractivity contribution is 5.85. The lowest BCUT2D eigenvalue weighted by molar-refractivity contribution is -0.132. The number of likely N-dealkylation sites (tertiary alicyclic amines) is 1. The van der Waals surface area contributed by atoms with Crippen molar-refractivity contribution in [1.82, 2.24) is 10.2 Å². The molecule has 2 aliphatic heterocycles. The Morgan fingerprint density at radius 3 is 2.81 bits per heavy atom. The van der Waals surface area contributed by atoms with Crippen LogP contribution in [0, 0.1) is 5.41 Å². The number of carbonyl (C=O) groups is 1. The van der Waals surface area contributed by atoms with E-state index in [1.165, 1.54) is 12.8 Å². The minimum Gasteiger partial charge on any atom is -0.341 e. The summed E-state index contributed by atoms with van der Waals surface area (Å²) in [5.74, 6) is 0.338. The summed E-state index contributed by atoms with van der Waals surface area (Å²) < 4.78 is 0. The highest BCUT2D eigenvalue weighted by Crippen LogP contribution is 2.33. The van der Waals surface area contributed by atoms with E-state index in [9.17, 15) is 4.79 Å². The Kier molecular flexibility index (Phi) is 4.62. The van der Waals surface area contributed by atoms with Gasteiger partial charge in [0.15, 0.2) is 0 Å². The van der Waals surface area contributed by atoms with Gasteiger partial charge in [0.05, 0.1) is 6.04 Å². The van der Waals surface area contributed by atoms with Gasteiger partial charge in [0.2, 0.25) is 5.91 Å². The SMILES string of the molecule is CCC1(C)CCN(C(=O)C2CCCN2)C1.Cl. The molecule has 1 amide bonds. The first-order valence-corrected chi connectivity index (χ1v) is 6.17. The van der Waals surface area contributed by atoms with E-state index in [2.05, 4.69) is 24.1 Å². The summed E-state index contributed by atoms with van der Waals surface area (Å²) in [4.78, 5) is 14.2. The first kappa shape index (κ1) is 13.8. The maximum Gasteiger partial charge on any atom is 0.239 e. The predicted octanol–water partition coefficient (Wildman–Crippen LogP) is 1.81. The van der Waals surface area contributed by atoms with E-state index in [1.807, 2.05) is 0 Å². The molecule has 0 aromatic heterocycles. The maximum absolute atomic E-state index is 12.1. The first-order valence-electron chi connectivity index (χ1n) is 6.17. The van der Waals surface area contributed by atoms with E-state index in [4.69, 9.17) is 0 Å². The molecule has 0 spiro atoms. The molecule has 0 bridgehead atoms. The van der Waals surface area contributed by atoms with Crippen LogP contribution in [0.25, 0.3) is 0 Å². The molecule has 4 heteroatoms. The van der Waals surface area contributed by atoms with Crippen LogP contribution in [-0.2, 0) is 4.79 Å². The summed E-state index contributed by atoms with van der Waals surface area (Å²) in [6.07, 6.45) is 4.52. The number of amides is 1. The van der Waals surface area contributed by atoms with Gasteiger partial charge in [-0.3, -0.25) is 4.79 Å². The molecule has 0 aromatic carbocycles. The molecule has 1 N–H and O–H groups in total. The summed E-state index contributed by atoms with van der Waals surface area (Å²) in [6.45, 7) is 7.45. The van der Waals surface area contributed by atoms with Crippen molar-refractivity contribution in [2.75, 3.05) is 19.6 Å². The average Bonchev–Trinajstić information content (AvgIpc) is 2.86. The second-order valence-electron chi connectivity index (χ2n) is 5.32. The number of carbonyl (C=O) groups excluding carboxylic acids is 1. The number of halogens is 1. The molecule has 2 fully saturated rings. The predicted molar refractivity (Wildman–Crippen MR) is 67.9 cm³/mol. The smallest absolute Gasteiger partial charge is 0.239 e. The Balaban J connectivity index is 0.00000128. The van der Waals surface area contributed by atoms with Crippen molar-refractivity contribution in [1.29, 1.82) is 0 Å². The fourth-order valence-electron chi connectivity index (χ4n) is 2.62. The number of rotatable bonds is 2. The summed E-state index contributed by atoms with van der Waals surface area (Å²) in [7, 11) is 0. The van der Waals surface area contributed by atoms with Gasteiger partial charge in [-0.15, -0.1) is 12.4 Å². The summed E-state index contributed by atoms with van der Waals surface area (Å²) >= 11 is 0. The molecular formula is C12H23ClN2O. The molecule has 2 rings (SSSR count). The van der Waals surface area contributed by atoms with Crippen LogP contribution in [0.15, 0.2) is 0 Å². The normalized spacial score (nSPS) is 33.9. The Bertz CT molecular complexity index is 253. The zero-order valence-electron chi connectivity index (χ0n) is 10.3. The van der Waals surface area contributed by atoms with Crippen molar-refractivity contribution in [3.63, 3.8) is 0 Å². The zero-order valence-corrected chi connectivity index (χ0v) is 11.1. The van der Waals surface area contributed by atoms with Crippen molar-refractivity contribution in [3.05, 3.63) is 0 Å². The highest BCUT2D eigenvalue weighted by Gasteiger charge is 2.37. The van der Waals surface area contributed by atoms with Crippen molar-refractivity contribution in [2.45, 2.75) is 45.6 Å². The monoisotopic (exact) mass is 246 g/mol. The van der Waals surface area contributed by atoms with Crippen LogP contribution in [0.5, 0.6) is 0 Å². The molecular weight excluding hydrogens is 224 g/mol. The van der Waals surface area contributed by atoms with Gasteiger partial charge in [0.25, 0.3) is 0 Å². The minimum atomic E-state index is 0. The topological polar surface area (TPSA) is 32.3 Å². The van der Waals surface area contributed by atoms with Crippen LogP contribution in [0.3, 0.4) is 0 Å². The number of nitrogens with zero attached hydrogens (tertiary/aromatic N) is 1. The molecule has 2 aliphatic rings. The standard InChI is InChI=1S/C12H22N2O.ClH/c1-3-12(2)6-8-14(9-12)11(15)10-5-4-7-13-10;/h10,13H,3-9H2,1-2H3;1H. The van der Waals surface area contributed by atoms with Crippen molar-refractivity contribution < 1.29 is 4.79 Å². The quantitative estimate of drug-likeness (QED) is 0.806. The van der Waals surface area contributed by atoms with Crippen molar-refractivity contribution in [2.24, 2.45) is 5.41 Å². The molecule has 3 nitrogen and oxygen atoms in total. The van der Waals surface area contributed by atoms with Crippen LogP contribution in [0.2, 0.25) is 0 Å². The van der Waals surface area contributed by atoms with Crippen molar-refractivity contribution >= 4 is 18.3 Å². The van der Waals surface area contributed by atoms with Gasteiger partial charge < -0.3 is 10.2 Å². The molecule has 0 aliphatic carbocycles. The first-order chi connectivity index (χ1) is 7.14. The lowest BCUT2D eigenvalue weighted by Crippen LogP contribution is -2.43. The van der Waals surface area contributed by atoms with E-state index < -0.39 is 0 Å². The van der Waals surface area contributed by atoms with E-state index in [0.717, 1.165) is 32.5 Å². The Labute approximate surface area is 104 Å². The summed E-state index contributed by atoms with van der Waals surface area (Å²) in [5, 5.41) is 3.29. The van der Waals surface area contributed by atoms with Gasteiger partial charge in [-0.25, -0.2) is 0 Å². The van der Waals surface area contributed by atoms with Crippen LogP contribution in [0.1, 0.15) is 39.5 Å². The van der Waals surface area contributed by atoms with E-state index in [-0.39, 0.29) is 18.4 Å². The Morgan fingerprint density at radius 1 is 1.56 bits per heavy atom. The molecule has 0 aromatic rings. The third-order valence-corrected chi connectivity index (χ3v) is 4.08. The lowest BCUT2D eigenvalue weighted by atomic mass is 9.87. The third-order valence-electron chi connectivity index (χ3n) is 4.08. The molecule has 2 atom stereocenters. The van der Waals surface area contributed by atoms with Gasteiger partial charge in [0, 0.05) is 13.1 Å². The molecule has 16 heavy (non-hydrogen) atoms. The van der Waals surface area contributed by atoms with Crippen LogP contribution >= 0.6 is 12.4 Å². The molecule has 2 saturated heterocycles. The highest BCUT2D eigenvalue weighted by atomic mass is 35.5. The summed E-state index contributed by atoms with van der Waals surface area (Å²) in [5.41, 5.74) is 0.369. The second-order valence-corrected chi connectivity index (χ2v) is 5.32. The summed E-state index contributed by atoms with van der Waals surface area (Å²) in [6, 6.07) is 0.115. The molecule has 94 valence electrons. The number of hydrogen-bond donors (Lipinski definition) is 1. The lowest BCUT2D eigenvalue weighted by Gasteiger charge is -2.24. The van der Waals surface area contributed by atoms with Gasteiger partial charge in [-0.05, 0) is 37.6 Å². The average molecular weight is 247 g/mol. The Hall–Kier alpha value is -0.280. The third kappa shape index (κ3) is 2.69. The molecule has 0 radical (unpaired) electrons. The maximum atomic E-state index is 12.1. The molecule has 2 unspecified atom stereocenters. The van der Waals surface area contributed by atoms with Crippen molar-refractivity contribution in [3.8, 4) is 0 Å². The molecule has 2 heterocycles. The van der Waals surface area contributed by atoms with Crippen LogP contribution in [0.4, 0.5) is 0 Å². The fraction of sp³-hybridized carbons (Fsp3) is 0.917. The fourth-order valence-corrected chi connectivity index (χ4v) is 2.62. The second kappa shape index (κ2) is 5.37. The minimum absolute atomic E-state index is 0. The van der Waals surface area contributed by atoms with Gasteiger partial charge >= 0.3 is 0 Å². The van der Waals surface area contributed by atoms with Gasteiger partial charge in [-0.2, -0.15) is 0 Å². The molecule has 0 saturated carbocycles. The van der Waals surface area contributed by atoms with E-state index in [1.54, 1.807) is 0 Å². The van der Waals surface area contributed by atoms with Crippen LogP contribution in [-0.4, -0.2) is 36.5 Å². The zero-order chi connectivity index (χ0) is 10.9. The van der Waals surface area contributed by atoms with E-state index in [0.29, 0.717) is 11.3 Å². The number of nitrogens with one attached hydrogen (secondary N) is 1. The van der Waals surface area contributed by atoms with Crippen LogP contribution < -0.4 is 5.32 Å². The number of hydrogen-bond acceptors (Lipinski definition) is 2. The largest absolute Gasteiger partial charge is 0.341 e.